The molecule has 0 aliphatic rings. The van der Waals surface area contributed by atoms with E-state index in [0.29, 0.717) is 21.3 Å². The Morgan fingerprint density at radius 1 is 0.900 bits per heavy atom. The lowest BCUT2D eigenvalue weighted by Crippen LogP contribution is -2.55. The van der Waals surface area contributed by atoms with Crippen molar-refractivity contribution < 1.29 is 18.0 Å². The van der Waals surface area contributed by atoms with Gasteiger partial charge in [-0.25, -0.2) is 8.42 Å². The predicted octanol–water partition coefficient (Wildman–Crippen LogP) is 6.22. The summed E-state index contributed by atoms with van der Waals surface area (Å²) in [6.07, 6.45) is 0.283. The van der Waals surface area contributed by atoms with E-state index in [1.807, 2.05) is 27.7 Å². The molecular weight excluding hydrogens is 569 g/mol. The molecule has 3 aromatic carbocycles. The van der Waals surface area contributed by atoms with Crippen molar-refractivity contribution in [1.29, 1.82) is 0 Å². The van der Waals surface area contributed by atoms with E-state index in [1.165, 1.54) is 17.0 Å². The van der Waals surface area contributed by atoms with E-state index in [0.717, 1.165) is 9.87 Å². The Morgan fingerprint density at radius 3 is 2.00 bits per heavy atom. The summed E-state index contributed by atoms with van der Waals surface area (Å²) in [5.41, 5.74) is 1.18. The molecule has 3 rings (SSSR count). The van der Waals surface area contributed by atoms with Crippen LogP contribution >= 0.6 is 23.2 Å². The molecule has 0 radical (unpaired) electrons. The van der Waals surface area contributed by atoms with Crippen LogP contribution in [0.1, 0.15) is 45.2 Å². The second-order valence-corrected chi connectivity index (χ2v) is 13.2. The van der Waals surface area contributed by atoms with Gasteiger partial charge in [0.15, 0.2) is 0 Å². The minimum absolute atomic E-state index is 0.0431. The Bertz CT molecular complexity index is 1420. The van der Waals surface area contributed by atoms with Gasteiger partial charge in [0.05, 0.1) is 10.6 Å². The number of sulfonamides is 1. The van der Waals surface area contributed by atoms with E-state index in [-0.39, 0.29) is 23.8 Å². The number of aryl methyl sites for hydroxylation is 1. The average molecular weight is 605 g/mol. The van der Waals surface area contributed by atoms with Gasteiger partial charge >= 0.3 is 0 Å². The normalized spacial score (nSPS) is 12.5. The third kappa shape index (κ3) is 7.77. The number of amides is 2. The van der Waals surface area contributed by atoms with Crippen LogP contribution in [0.3, 0.4) is 0 Å². The fourth-order valence-electron chi connectivity index (χ4n) is 4.19. The lowest BCUT2D eigenvalue weighted by molar-refractivity contribution is -0.141. The molecule has 0 bridgehead atoms. The molecular formula is C30H35Cl2N3O4S. The minimum Gasteiger partial charge on any atom is -0.350 e. The van der Waals surface area contributed by atoms with Gasteiger partial charge in [0, 0.05) is 27.7 Å². The number of benzene rings is 3. The van der Waals surface area contributed by atoms with E-state index in [2.05, 4.69) is 5.32 Å². The molecule has 0 fully saturated rings. The number of halogens is 2. The zero-order chi connectivity index (χ0) is 29.7. The van der Waals surface area contributed by atoms with Crippen LogP contribution in [0.25, 0.3) is 0 Å². The van der Waals surface area contributed by atoms with E-state index >= 15 is 0 Å². The van der Waals surface area contributed by atoms with Crippen LogP contribution in [0.2, 0.25) is 10.0 Å². The van der Waals surface area contributed by atoms with Crippen molar-refractivity contribution in [2.75, 3.05) is 10.8 Å². The van der Waals surface area contributed by atoms with Crippen LogP contribution in [0.15, 0.2) is 77.7 Å². The topological polar surface area (TPSA) is 86.8 Å². The Morgan fingerprint density at radius 2 is 1.48 bits per heavy atom. The largest absolute Gasteiger partial charge is 0.350 e. The molecule has 0 saturated heterocycles. The molecule has 0 heterocycles. The molecule has 1 N–H and O–H groups in total. The summed E-state index contributed by atoms with van der Waals surface area (Å²) in [6.45, 7) is 8.60. The van der Waals surface area contributed by atoms with Gasteiger partial charge in [0.1, 0.15) is 12.6 Å². The number of carbonyl (C=O) groups is 2. The molecule has 0 unspecified atom stereocenters. The third-order valence-electron chi connectivity index (χ3n) is 6.21. The molecule has 7 nitrogen and oxygen atoms in total. The van der Waals surface area contributed by atoms with Crippen LogP contribution in [0.4, 0.5) is 5.69 Å². The van der Waals surface area contributed by atoms with Gasteiger partial charge in [-0.1, -0.05) is 72.1 Å². The zero-order valence-electron chi connectivity index (χ0n) is 23.3. The van der Waals surface area contributed by atoms with E-state index in [9.17, 15) is 18.0 Å². The van der Waals surface area contributed by atoms with Crippen molar-refractivity contribution in [3.63, 3.8) is 0 Å². The molecule has 214 valence electrons. The summed E-state index contributed by atoms with van der Waals surface area (Å²) in [7, 11) is -4.13. The first-order valence-electron chi connectivity index (χ1n) is 12.9. The number of anilines is 1. The van der Waals surface area contributed by atoms with Crippen LogP contribution in [0.5, 0.6) is 0 Å². The SMILES string of the molecule is CC[C@H](C(=O)NC(C)(C)C)N(Cc1c(Cl)cccc1Cl)C(=O)CN(c1ccc(C)cc1)S(=O)(=O)c1ccccc1. The van der Waals surface area contributed by atoms with Gasteiger partial charge < -0.3 is 10.2 Å². The first-order valence-corrected chi connectivity index (χ1v) is 15.1. The van der Waals surface area contributed by atoms with Crippen molar-refractivity contribution >= 4 is 50.7 Å². The molecule has 0 aliphatic heterocycles. The number of nitrogens with zero attached hydrogens (tertiary/aromatic N) is 2. The Balaban J connectivity index is 2.10. The van der Waals surface area contributed by atoms with Crippen molar-refractivity contribution in [1.82, 2.24) is 10.2 Å². The smallest absolute Gasteiger partial charge is 0.264 e. The van der Waals surface area contributed by atoms with Crippen LogP contribution in [-0.2, 0) is 26.2 Å². The highest BCUT2D eigenvalue weighted by atomic mass is 35.5. The number of hydrogen-bond donors (Lipinski definition) is 1. The van der Waals surface area contributed by atoms with Crippen LogP contribution in [-0.4, -0.2) is 43.3 Å². The maximum Gasteiger partial charge on any atom is 0.264 e. The van der Waals surface area contributed by atoms with Crippen molar-refractivity contribution in [2.45, 2.75) is 64.1 Å². The average Bonchev–Trinajstić information content (AvgIpc) is 2.88. The molecule has 40 heavy (non-hydrogen) atoms. The Labute approximate surface area is 247 Å². The first kappa shape index (κ1) is 31.5. The summed E-state index contributed by atoms with van der Waals surface area (Å²) in [4.78, 5) is 28.9. The summed E-state index contributed by atoms with van der Waals surface area (Å²) < 4.78 is 28.7. The predicted molar refractivity (Wildman–Crippen MR) is 161 cm³/mol. The lowest BCUT2D eigenvalue weighted by Gasteiger charge is -2.35. The molecule has 0 saturated carbocycles. The minimum atomic E-state index is -4.13. The summed E-state index contributed by atoms with van der Waals surface area (Å²) in [6, 6.07) is 18.9. The third-order valence-corrected chi connectivity index (χ3v) is 8.70. The number of nitrogens with one attached hydrogen (secondary N) is 1. The maximum absolute atomic E-state index is 14.1. The van der Waals surface area contributed by atoms with Crippen molar-refractivity contribution in [3.05, 3.63) is 94.0 Å². The fourth-order valence-corrected chi connectivity index (χ4v) is 6.14. The highest BCUT2D eigenvalue weighted by molar-refractivity contribution is 7.92. The molecule has 10 heteroatoms. The van der Waals surface area contributed by atoms with Crippen LogP contribution in [0, 0.1) is 6.92 Å². The van der Waals surface area contributed by atoms with E-state index in [4.69, 9.17) is 23.2 Å². The molecule has 1 atom stereocenters. The monoisotopic (exact) mass is 603 g/mol. The van der Waals surface area contributed by atoms with Gasteiger partial charge in [-0.2, -0.15) is 0 Å². The summed E-state index contributed by atoms with van der Waals surface area (Å²) >= 11 is 12.9. The highest BCUT2D eigenvalue weighted by Gasteiger charge is 2.35. The highest BCUT2D eigenvalue weighted by Crippen LogP contribution is 2.29. The summed E-state index contributed by atoms with van der Waals surface area (Å²) in [5.74, 6) is -0.939. The van der Waals surface area contributed by atoms with Crippen molar-refractivity contribution in [2.24, 2.45) is 0 Å². The van der Waals surface area contributed by atoms with Gasteiger partial charge in [-0.3, -0.25) is 13.9 Å². The second-order valence-electron chi connectivity index (χ2n) is 10.5. The molecule has 0 aliphatic carbocycles. The molecule has 0 spiro atoms. The van der Waals surface area contributed by atoms with Crippen LogP contribution < -0.4 is 9.62 Å². The number of hydrogen-bond acceptors (Lipinski definition) is 4. The Hall–Kier alpha value is -3.07. The fraction of sp³-hybridized carbons (Fsp3) is 0.333. The molecule has 3 aromatic rings. The maximum atomic E-state index is 14.1. The van der Waals surface area contributed by atoms with Gasteiger partial charge in [-0.15, -0.1) is 0 Å². The summed E-state index contributed by atoms with van der Waals surface area (Å²) in [5, 5.41) is 3.61. The lowest BCUT2D eigenvalue weighted by atomic mass is 10.1. The van der Waals surface area contributed by atoms with Crippen molar-refractivity contribution in [3.8, 4) is 0 Å². The number of carbonyl (C=O) groups excluding carboxylic acids is 2. The quantitative estimate of drug-likeness (QED) is 0.298. The van der Waals surface area contributed by atoms with E-state index < -0.39 is 34.1 Å². The van der Waals surface area contributed by atoms with Gasteiger partial charge in [0.2, 0.25) is 11.8 Å². The molecule has 2 amide bonds. The van der Waals surface area contributed by atoms with E-state index in [1.54, 1.807) is 67.6 Å². The Kier molecular flexibility index (Phi) is 10.3. The van der Waals surface area contributed by atoms with Gasteiger partial charge in [-0.05, 0) is 70.5 Å². The first-order chi connectivity index (χ1) is 18.7. The standard InChI is InChI=1S/C30H35Cl2N3O4S/c1-6-27(29(37)33-30(3,4)5)34(19-24-25(31)13-10-14-26(24)32)28(36)20-35(22-17-15-21(2)16-18-22)40(38,39)23-11-8-7-9-12-23/h7-18,27H,6,19-20H2,1-5H3,(H,33,37)/t27-/m1/s1. The zero-order valence-corrected chi connectivity index (χ0v) is 25.6. The number of rotatable bonds is 10. The van der Waals surface area contributed by atoms with Gasteiger partial charge in [0.25, 0.3) is 10.0 Å². The molecule has 0 aromatic heterocycles. The second kappa shape index (κ2) is 13.1.